The maximum atomic E-state index is 12.0. The van der Waals surface area contributed by atoms with Gasteiger partial charge in [0.2, 0.25) is 6.29 Å². The molecule has 11 heavy (non-hydrogen) atoms. The summed E-state index contributed by atoms with van der Waals surface area (Å²) in [6.45, 7) is 1.06. The molecule has 1 N–H and O–H groups in total. The lowest BCUT2D eigenvalue weighted by Crippen LogP contribution is -2.42. The van der Waals surface area contributed by atoms with Gasteiger partial charge in [0.25, 0.3) is 0 Å². The SMILES string of the molecule is CCOC(O)C(F)(F)C(F)F. The Hall–Kier alpha value is -0.360. The first-order valence-corrected chi connectivity index (χ1v) is 2.88. The summed E-state index contributed by atoms with van der Waals surface area (Å²) in [5.41, 5.74) is 0. The van der Waals surface area contributed by atoms with E-state index in [1.165, 1.54) is 6.92 Å². The highest BCUT2D eigenvalue weighted by atomic mass is 19.3. The predicted octanol–water partition coefficient (Wildman–Crippen LogP) is 1.24. The molecule has 0 saturated carbocycles. The van der Waals surface area contributed by atoms with Crippen molar-refractivity contribution in [3.63, 3.8) is 0 Å². The van der Waals surface area contributed by atoms with Gasteiger partial charge >= 0.3 is 12.3 Å². The van der Waals surface area contributed by atoms with Crippen LogP contribution in [-0.2, 0) is 4.74 Å². The molecule has 0 radical (unpaired) electrons. The fourth-order valence-corrected chi connectivity index (χ4v) is 0.377. The van der Waals surface area contributed by atoms with E-state index < -0.39 is 18.6 Å². The van der Waals surface area contributed by atoms with Gasteiger partial charge < -0.3 is 9.84 Å². The van der Waals surface area contributed by atoms with E-state index in [1.807, 2.05) is 0 Å². The number of rotatable bonds is 4. The molecule has 2 nitrogen and oxygen atoms in total. The molecule has 0 aromatic rings. The highest BCUT2D eigenvalue weighted by molar-refractivity contribution is 4.71. The van der Waals surface area contributed by atoms with Crippen LogP contribution in [0.15, 0.2) is 0 Å². The van der Waals surface area contributed by atoms with Crippen LogP contribution in [0.2, 0.25) is 0 Å². The molecule has 6 heteroatoms. The van der Waals surface area contributed by atoms with Gasteiger partial charge in [-0.25, -0.2) is 8.78 Å². The second-order valence-corrected chi connectivity index (χ2v) is 1.78. The molecule has 0 rings (SSSR count). The highest BCUT2D eigenvalue weighted by Gasteiger charge is 2.49. The number of hydrogen-bond donors (Lipinski definition) is 1. The molecule has 0 aliphatic carbocycles. The second kappa shape index (κ2) is 3.87. The minimum absolute atomic E-state index is 0.247. The lowest BCUT2D eigenvalue weighted by molar-refractivity contribution is -0.275. The molecule has 0 aromatic carbocycles. The summed E-state index contributed by atoms with van der Waals surface area (Å²) in [6.07, 6.45) is -6.64. The van der Waals surface area contributed by atoms with Crippen LogP contribution < -0.4 is 0 Å². The molecule has 0 saturated heterocycles. The van der Waals surface area contributed by atoms with Crippen molar-refractivity contribution in [2.45, 2.75) is 25.6 Å². The summed E-state index contributed by atoms with van der Waals surface area (Å²) in [5, 5.41) is 8.30. The van der Waals surface area contributed by atoms with E-state index in [9.17, 15) is 17.6 Å². The first kappa shape index (κ1) is 10.6. The highest BCUT2D eigenvalue weighted by Crippen LogP contribution is 2.27. The number of halogens is 4. The number of aliphatic hydroxyl groups is 1. The average molecular weight is 176 g/mol. The zero-order valence-corrected chi connectivity index (χ0v) is 5.73. The van der Waals surface area contributed by atoms with Crippen molar-refractivity contribution in [1.29, 1.82) is 0 Å². The number of hydrogen-bond acceptors (Lipinski definition) is 2. The van der Waals surface area contributed by atoms with Crippen LogP contribution in [0.3, 0.4) is 0 Å². The maximum absolute atomic E-state index is 12.0. The molecule has 0 amide bonds. The Kier molecular flexibility index (Phi) is 3.74. The third-order valence-corrected chi connectivity index (χ3v) is 0.945. The minimum atomic E-state index is -4.49. The van der Waals surface area contributed by atoms with Crippen molar-refractivity contribution in [3.8, 4) is 0 Å². The normalized spacial score (nSPS) is 15.5. The van der Waals surface area contributed by atoms with Crippen LogP contribution in [0.4, 0.5) is 17.6 Å². The monoisotopic (exact) mass is 176 g/mol. The van der Waals surface area contributed by atoms with E-state index in [1.54, 1.807) is 0 Å². The molecule has 0 aliphatic rings. The largest absolute Gasteiger partial charge is 0.363 e. The Morgan fingerprint density at radius 2 is 1.91 bits per heavy atom. The van der Waals surface area contributed by atoms with Gasteiger partial charge in [0.15, 0.2) is 0 Å². The quantitative estimate of drug-likeness (QED) is 0.515. The summed E-state index contributed by atoms with van der Waals surface area (Å²) >= 11 is 0. The summed E-state index contributed by atoms with van der Waals surface area (Å²) in [6, 6.07) is 0. The van der Waals surface area contributed by atoms with Gasteiger partial charge in [-0.15, -0.1) is 0 Å². The van der Waals surface area contributed by atoms with Crippen LogP contribution in [0.25, 0.3) is 0 Å². The van der Waals surface area contributed by atoms with Crippen molar-refractivity contribution in [2.24, 2.45) is 0 Å². The van der Waals surface area contributed by atoms with E-state index in [2.05, 4.69) is 4.74 Å². The van der Waals surface area contributed by atoms with Gasteiger partial charge in [-0.1, -0.05) is 0 Å². The third kappa shape index (κ3) is 2.63. The molecule has 0 bridgehead atoms. The Balaban J connectivity index is 4.05. The van der Waals surface area contributed by atoms with E-state index in [0.29, 0.717) is 0 Å². The molecule has 0 spiro atoms. The van der Waals surface area contributed by atoms with Gasteiger partial charge in [-0.2, -0.15) is 8.78 Å². The Morgan fingerprint density at radius 3 is 2.18 bits per heavy atom. The smallest absolute Gasteiger partial charge is 0.356 e. The standard InChI is InChI=1S/C5H8F4O2/c1-2-11-4(10)5(8,9)3(6)7/h3-4,10H,2H2,1H3. The molecule has 0 aromatic heterocycles. The van der Waals surface area contributed by atoms with Crippen molar-refractivity contribution in [1.82, 2.24) is 0 Å². The molecular weight excluding hydrogens is 168 g/mol. The molecule has 68 valence electrons. The zero-order chi connectivity index (χ0) is 9.07. The topological polar surface area (TPSA) is 29.5 Å². The molecule has 0 aliphatic heterocycles. The number of aliphatic hydroxyl groups excluding tert-OH is 1. The number of ether oxygens (including phenoxy) is 1. The predicted molar refractivity (Wildman–Crippen MR) is 28.6 cm³/mol. The average Bonchev–Trinajstić information content (AvgIpc) is 1.88. The first-order chi connectivity index (χ1) is 4.92. The Morgan fingerprint density at radius 1 is 1.45 bits per heavy atom. The fourth-order valence-electron chi connectivity index (χ4n) is 0.377. The van der Waals surface area contributed by atoms with Gasteiger partial charge in [0, 0.05) is 6.61 Å². The van der Waals surface area contributed by atoms with Crippen molar-refractivity contribution in [2.75, 3.05) is 6.61 Å². The van der Waals surface area contributed by atoms with E-state index in [-0.39, 0.29) is 6.61 Å². The van der Waals surface area contributed by atoms with Gasteiger partial charge in [-0.05, 0) is 6.92 Å². The lowest BCUT2D eigenvalue weighted by atomic mass is 10.3. The molecule has 0 heterocycles. The second-order valence-electron chi connectivity index (χ2n) is 1.78. The lowest BCUT2D eigenvalue weighted by Gasteiger charge is -2.20. The van der Waals surface area contributed by atoms with E-state index in [4.69, 9.17) is 5.11 Å². The van der Waals surface area contributed by atoms with Crippen LogP contribution in [0.1, 0.15) is 6.92 Å². The van der Waals surface area contributed by atoms with E-state index in [0.717, 1.165) is 0 Å². The molecule has 0 fully saturated rings. The minimum Gasteiger partial charge on any atom is -0.363 e. The van der Waals surface area contributed by atoms with Gasteiger partial charge in [-0.3, -0.25) is 0 Å². The van der Waals surface area contributed by atoms with Crippen molar-refractivity contribution >= 4 is 0 Å². The first-order valence-electron chi connectivity index (χ1n) is 2.88. The van der Waals surface area contributed by atoms with E-state index >= 15 is 0 Å². The van der Waals surface area contributed by atoms with Crippen molar-refractivity contribution < 1.29 is 27.4 Å². The van der Waals surface area contributed by atoms with Gasteiger partial charge in [0.05, 0.1) is 0 Å². The summed E-state index contributed by atoms with van der Waals surface area (Å²) in [4.78, 5) is 0. The van der Waals surface area contributed by atoms with Crippen LogP contribution in [0.5, 0.6) is 0 Å². The zero-order valence-electron chi connectivity index (χ0n) is 5.73. The number of alkyl halides is 4. The molecule has 1 atom stereocenters. The van der Waals surface area contributed by atoms with Crippen LogP contribution in [-0.4, -0.2) is 30.4 Å². The van der Waals surface area contributed by atoms with Crippen LogP contribution >= 0.6 is 0 Å². The Bertz CT molecular complexity index is 117. The fraction of sp³-hybridized carbons (Fsp3) is 1.00. The molecule has 1 unspecified atom stereocenters. The van der Waals surface area contributed by atoms with Crippen molar-refractivity contribution in [3.05, 3.63) is 0 Å². The summed E-state index contributed by atoms with van der Waals surface area (Å²) in [5.74, 6) is -4.49. The Labute approximate surface area is 60.8 Å². The molecular formula is C5H8F4O2. The van der Waals surface area contributed by atoms with Crippen LogP contribution in [0, 0.1) is 0 Å². The maximum Gasteiger partial charge on any atom is 0.356 e. The summed E-state index contributed by atoms with van der Waals surface area (Å²) < 4.78 is 50.7. The third-order valence-electron chi connectivity index (χ3n) is 0.945. The summed E-state index contributed by atoms with van der Waals surface area (Å²) in [7, 11) is 0. The van der Waals surface area contributed by atoms with Gasteiger partial charge in [0.1, 0.15) is 0 Å².